The van der Waals surface area contributed by atoms with E-state index >= 15 is 0 Å². The summed E-state index contributed by atoms with van der Waals surface area (Å²) in [6, 6.07) is 17.8. The van der Waals surface area contributed by atoms with Crippen LogP contribution in [0.2, 0.25) is 0 Å². The van der Waals surface area contributed by atoms with Gasteiger partial charge in [-0.25, -0.2) is 4.98 Å². The number of nitrogens with one attached hydrogen (secondary N) is 1. The zero-order chi connectivity index (χ0) is 17.9. The maximum atomic E-state index is 12.7. The molecule has 4 rings (SSSR count). The van der Waals surface area contributed by atoms with Crippen molar-refractivity contribution in [3.8, 4) is 0 Å². The molecule has 2 aromatic heterocycles. The summed E-state index contributed by atoms with van der Waals surface area (Å²) < 4.78 is 2.98. The molecule has 0 unspecified atom stereocenters. The fourth-order valence-electron chi connectivity index (χ4n) is 2.93. The fourth-order valence-corrected chi connectivity index (χ4v) is 4.03. The van der Waals surface area contributed by atoms with E-state index in [1.165, 1.54) is 27.8 Å². The molecule has 0 fully saturated rings. The van der Waals surface area contributed by atoms with Crippen LogP contribution in [-0.2, 0) is 17.8 Å². The minimum absolute atomic E-state index is 0.0230. The second kappa shape index (κ2) is 7.09. The highest BCUT2D eigenvalue weighted by atomic mass is 32.1. The first kappa shape index (κ1) is 16.5. The first-order valence-electron chi connectivity index (χ1n) is 8.40. The molecule has 1 amide bonds. The summed E-state index contributed by atoms with van der Waals surface area (Å²) >= 11 is 1.42. The monoisotopic (exact) mass is 363 g/mol. The molecule has 0 aliphatic heterocycles. The van der Waals surface area contributed by atoms with E-state index in [0.29, 0.717) is 16.8 Å². The summed E-state index contributed by atoms with van der Waals surface area (Å²) in [5.41, 5.74) is 1.70. The number of amides is 1. The largest absolute Gasteiger partial charge is 0.354 e. The molecule has 0 spiro atoms. The molecule has 0 saturated heterocycles. The molecule has 130 valence electrons. The van der Waals surface area contributed by atoms with Crippen LogP contribution in [0, 0.1) is 0 Å². The van der Waals surface area contributed by atoms with Crippen LogP contribution in [-0.4, -0.2) is 22.0 Å². The Labute approximate surface area is 153 Å². The van der Waals surface area contributed by atoms with Crippen LogP contribution in [0.25, 0.3) is 20.3 Å². The van der Waals surface area contributed by atoms with Gasteiger partial charge in [-0.15, -0.1) is 11.3 Å². The molecular formula is C20H17N3O2S. The number of nitrogens with zero attached hydrogens (tertiary/aromatic N) is 2. The second-order valence-electron chi connectivity index (χ2n) is 6.04. The highest BCUT2D eigenvalue weighted by molar-refractivity contribution is 7.25. The predicted molar refractivity (Wildman–Crippen MR) is 105 cm³/mol. The Kier molecular flexibility index (Phi) is 4.50. The minimum Gasteiger partial charge on any atom is -0.354 e. The van der Waals surface area contributed by atoms with Crippen LogP contribution in [0.5, 0.6) is 0 Å². The summed E-state index contributed by atoms with van der Waals surface area (Å²) in [6.07, 6.45) is 2.22. The first-order chi connectivity index (χ1) is 12.7. The normalized spacial score (nSPS) is 11.1. The summed E-state index contributed by atoms with van der Waals surface area (Å²) in [7, 11) is 0. The van der Waals surface area contributed by atoms with E-state index in [-0.39, 0.29) is 18.0 Å². The van der Waals surface area contributed by atoms with Gasteiger partial charge < -0.3 is 5.32 Å². The highest BCUT2D eigenvalue weighted by Crippen LogP contribution is 2.29. The van der Waals surface area contributed by atoms with E-state index in [4.69, 9.17) is 0 Å². The van der Waals surface area contributed by atoms with E-state index < -0.39 is 0 Å². The number of fused-ring (bicyclic) bond motifs is 3. The van der Waals surface area contributed by atoms with E-state index in [2.05, 4.69) is 10.3 Å². The number of hydrogen-bond acceptors (Lipinski definition) is 4. The third-order valence-electron chi connectivity index (χ3n) is 4.24. The molecule has 0 bridgehead atoms. The van der Waals surface area contributed by atoms with Gasteiger partial charge in [0.25, 0.3) is 5.56 Å². The van der Waals surface area contributed by atoms with Crippen LogP contribution in [0.3, 0.4) is 0 Å². The van der Waals surface area contributed by atoms with Crippen LogP contribution >= 0.6 is 11.3 Å². The first-order valence-corrected chi connectivity index (χ1v) is 9.21. The number of aromatic nitrogens is 2. The van der Waals surface area contributed by atoms with Gasteiger partial charge in [0.15, 0.2) is 0 Å². The molecule has 4 aromatic rings. The molecule has 0 aliphatic carbocycles. The van der Waals surface area contributed by atoms with Gasteiger partial charge >= 0.3 is 0 Å². The molecular weight excluding hydrogens is 346 g/mol. The number of hydrogen-bond donors (Lipinski definition) is 1. The topological polar surface area (TPSA) is 64.0 Å². The Balaban J connectivity index is 1.48. The van der Waals surface area contributed by atoms with E-state index in [9.17, 15) is 9.59 Å². The van der Waals surface area contributed by atoms with E-state index in [1.54, 1.807) is 0 Å². The van der Waals surface area contributed by atoms with Crippen molar-refractivity contribution >= 4 is 37.5 Å². The Bertz CT molecular complexity index is 1130. The van der Waals surface area contributed by atoms with Gasteiger partial charge in [0.1, 0.15) is 11.2 Å². The lowest BCUT2D eigenvalue weighted by Gasteiger charge is -2.07. The van der Waals surface area contributed by atoms with Crippen LogP contribution in [0.1, 0.15) is 5.56 Å². The van der Waals surface area contributed by atoms with Gasteiger partial charge in [0, 0.05) is 16.6 Å². The van der Waals surface area contributed by atoms with Crippen molar-refractivity contribution in [1.29, 1.82) is 0 Å². The molecule has 0 aliphatic rings. The lowest BCUT2D eigenvalue weighted by molar-refractivity contribution is -0.121. The Morgan fingerprint density at radius 1 is 1.08 bits per heavy atom. The van der Waals surface area contributed by atoms with Gasteiger partial charge in [0.2, 0.25) is 5.91 Å². The van der Waals surface area contributed by atoms with E-state index in [1.807, 2.05) is 54.6 Å². The molecule has 2 heterocycles. The average molecular weight is 363 g/mol. The fraction of sp³-hybridized carbons (Fsp3) is 0.150. The number of carbonyl (C=O) groups excluding carboxylic acids is 1. The van der Waals surface area contributed by atoms with Gasteiger partial charge in [-0.05, 0) is 18.1 Å². The van der Waals surface area contributed by atoms with Gasteiger partial charge in [-0.3, -0.25) is 14.2 Å². The van der Waals surface area contributed by atoms with Crippen molar-refractivity contribution in [1.82, 2.24) is 14.9 Å². The summed E-state index contributed by atoms with van der Waals surface area (Å²) in [5.74, 6) is -0.190. The summed E-state index contributed by atoms with van der Waals surface area (Å²) in [4.78, 5) is 29.3. The molecule has 0 atom stereocenters. The second-order valence-corrected chi connectivity index (χ2v) is 7.09. The number of benzene rings is 2. The minimum atomic E-state index is -0.190. The zero-order valence-corrected chi connectivity index (χ0v) is 14.8. The molecule has 2 aromatic carbocycles. The van der Waals surface area contributed by atoms with Crippen LogP contribution in [0.15, 0.2) is 65.7 Å². The van der Waals surface area contributed by atoms with Crippen molar-refractivity contribution in [2.75, 3.05) is 6.54 Å². The van der Waals surface area contributed by atoms with Crippen molar-refractivity contribution in [2.45, 2.75) is 13.0 Å². The number of carbonyl (C=O) groups is 1. The Morgan fingerprint density at radius 2 is 1.85 bits per heavy atom. The van der Waals surface area contributed by atoms with Crippen molar-refractivity contribution < 1.29 is 4.79 Å². The van der Waals surface area contributed by atoms with Gasteiger partial charge in [0.05, 0.1) is 11.8 Å². The van der Waals surface area contributed by atoms with Crippen molar-refractivity contribution in [3.05, 3.63) is 76.8 Å². The smallest absolute Gasteiger partial charge is 0.271 e. The molecule has 1 N–H and O–H groups in total. The third kappa shape index (κ3) is 3.23. The van der Waals surface area contributed by atoms with Gasteiger partial charge in [-0.2, -0.15) is 0 Å². The Hall–Kier alpha value is -2.99. The molecule has 5 nitrogen and oxygen atoms in total. The molecule has 0 saturated carbocycles. The number of thiophene rings is 1. The maximum Gasteiger partial charge on any atom is 0.271 e. The lowest BCUT2D eigenvalue weighted by atomic mass is 10.1. The summed E-state index contributed by atoms with van der Waals surface area (Å²) in [6.45, 7) is 0.515. The standard InChI is InChI=1S/C20H17N3O2S/c24-17(21-11-10-14-6-2-1-3-7-14)12-23-13-22-18-15-8-4-5-9-16(15)26-19(18)20(23)25/h1-9,13H,10-12H2,(H,21,24). The van der Waals surface area contributed by atoms with Crippen LogP contribution in [0.4, 0.5) is 0 Å². The van der Waals surface area contributed by atoms with Crippen molar-refractivity contribution in [2.24, 2.45) is 0 Å². The van der Waals surface area contributed by atoms with Gasteiger partial charge in [-0.1, -0.05) is 48.5 Å². The quantitative estimate of drug-likeness (QED) is 0.593. The third-order valence-corrected chi connectivity index (χ3v) is 5.39. The predicted octanol–water partition coefficient (Wildman–Crippen LogP) is 2.97. The Morgan fingerprint density at radius 3 is 2.69 bits per heavy atom. The molecule has 0 radical (unpaired) electrons. The maximum absolute atomic E-state index is 12.7. The molecule has 6 heteroatoms. The highest BCUT2D eigenvalue weighted by Gasteiger charge is 2.12. The SMILES string of the molecule is O=C(Cn1cnc2c(sc3ccccc32)c1=O)NCCc1ccccc1. The van der Waals surface area contributed by atoms with Crippen LogP contribution < -0.4 is 10.9 Å². The van der Waals surface area contributed by atoms with Crippen molar-refractivity contribution in [3.63, 3.8) is 0 Å². The number of rotatable bonds is 5. The average Bonchev–Trinajstić information content (AvgIpc) is 3.04. The lowest BCUT2D eigenvalue weighted by Crippen LogP contribution is -2.33. The van der Waals surface area contributed by atoms with E-state index in [0.717, 1.165) is 16.5 Å². The zero-order valence-electron chi connectivity index (χ0n) is 14.0. The molecule has 26 heavy (non-hydrogen) atoms. The summed E-state index contributed by atoms with van der Waals surface area (Å²) in [5, 5.41) is 3.83.